The van der Waals surface area contributed by atoms with Crippen LogP contribution < -0.4 is 5.32 Å². The Hall–Kier alpha value is -2.16. The molecule has 0 aliphatic carbocycles. The minimum Gasteiger partial charge on any atom is -0.465 e. The minimum atomic E-state index is -1.37. The van der Waals surface area contributed by atoms with E-state index in [1.807, 2.05) is 0 Å². The van der Waals surface area contributed by atoms with Gasteiger partial charge < -0.3 is 15.2 Å². The van der Waals surface area contributed by atoms with Gasteiger partial charge in [0.05, 0.1) is 19.2 Å². The van der Waals surface area contributed by atoms with Crippen molar-refractivity contribution < 1.29 is 28.6 Å². The molecule has 1 aliphatic heterocycles. The van der Waals surface area contributed by atoms with Crippen LogP contribution in [0.5, 0.6) is 0 Å². The molecular formula is C14H14BrFN2O5. The van der Waals surface area contributed by atoms with Crippen molar-refractivity contribution in [2.24, 2.45) is 0 Å². The SMILES string of the molecule is COC(=O)c1ccc(NC(=O)[C@@H]2C[C@@H](F)CN2C(=O)O)cc1Br. The van der Waals surface area contributed by atoms with E-state index in [-0.39, 0.29) is 18.5 Å². The van der Waals surface area contributed by atoms with Crippen molar-refractivity contribution in [2.75, 3.05) is 19.0 Å². The van der Waals surface area contributed by atoms with E-state index in [9.17, 15) is 18.8 Å². The zero-order chi connectivity index (χ0) is 17.1. The number of likely N-dealkylation sites (tertiary alicyclic amines) is 1. The van der Waals surface area contributed by atoms with Crippen molar-refractivity contribution in [3.05, 3.63) is 28.2 Å². The van der Waals surface area contributed by atoms with Crippen LogP contribution in [0.1, 0.15) is 16.8 Å². The first kappa shape index (κ1) is 17.2. The number of alkyl halides is 1. The highest BCUT2D eigenvalue weighted by Crippen LogP contribution is 2.25. The number of benzene rings is 1. The molecule has 0 spiro atoms. The summed E-state index contributed by atoms with van der Waals surface area (Å²) in [6.45, 7) is -0.321. The maximum atomic E-state index is 13.4. The zero-order valence-electron chi connectivity index (χ0n) is 12.1. The van der Waals surface area contributed by atoms with E-state index < -0.39 is 30.2 Å². The highest BCUT2D eigenvalue weighted by atomic mass is 79.9. The molecule has 1 aromatic rings. The summed E-state index contributed by atoms with van der Waals surface area (Å²) >= 11 is 3.19. The van der Waals surface area contributed by atoms with E-state index in [4.69, 9.17) is 5.11 Å². The summed E-state index contributed by atoms with van der Waals surface area (Å²) in [5.41, 5.74) is 0.629. The van der Waals surface area contributed by atoms with Gasteiger partial charge in [0.15, 0.2) is 0 Å². The number of methoxy groups -OCH3 is 1. The van der Waals surface area contributed by atoms with Crippen LogP contribution in [-0.2, 0) is 9.53 Å². The molecule has 1 aromatic carbocycles. The number of rotatable bonds is 3. The molecule has 0 saturated carbocycles. The average molecular weight is 389 g/mol. The van der Waals surface area contributed by atoms with Gasteiger partial charge in [-0.3, -0.25) is 9.69 Å². The number of esters is 1. The summed E-state index contributed by atoms with van der Waals surface area (Å²) in [4.78, 5) is 35.5. The predicted molar refractivity (Wildman–Crippen MR) is 82.1 cm³/mol. The van der Waals surface area contributed by atoms with E-state index in [1.165, 1.54) is 25.3 Å². The average Bonchev–Trinajstić information content (AvgIpc) is 2.89. The zero-order valence-corrected chi connectivity index (χ0v) is 13.7. The molecule has 0 radical (unpaired) electrons. The Morgan fingerprint density at radius 1 is 1.43 bits per heavy atom. The molecule has 2 N–H and O–H groups in total. The minimum absolute atomic E-state index is 0.181. The first-order valence-electron chi connectivity index (χ1n) is 6.66. The summed E-state index contributed by atoms with van der Waals surface area (Å²) in [5, 5.41) is 11.5. The summed E-state index contributed by atoms with van der Waals surface area (Å²) < 4.78 is 18.4. The molecule has 2 amide bonds. The van der Waals surface area contributed by atoms with Crippen molar-refractivity contribution in [2.45, 2.75) is 18.6 Å². The van der Waals surface area contributed by atoms with Crippen LogP contribution in [0, 0.1) is 0 Å². The van der Waals surface area contributed by atoms with Gasteiger partial charge in [-0.25, -0.2) is 14.0 Å². The van der Waals surface area contributed by atoms with Crippen LogP contribution in [0.4, 0.5) is 14.9 Å². The third-order valence-corrected chi connectivity index (χ3v) is 4.10. The number of carbonyl (C=O) groups excluding carboxylic acids is 2. The monoisotopic (exact) mass is 388 g/mol. The van der Waals surface area contributed by atoms with Crippen molar-refractivity contribution in [3.8, 4) is 0 Å². The maximum absolute atomic E-state index is 13.4. The van der Waals surface area contributed by atoms with Crippen LogP contribution in [0.15, 0.2) is 22.7 Å². The number of amides is 2. The van der Waals surface area contributed by atoms with Crippen LogP contribution in [0.3, 0.4) is 0 Å². The molecule has 2 atom stereocenters. The van der Waals surface area contributed by atoms with Crippen molar-refractivity contribution in [1.29, 1.82) is 0 Å². The molecule has 1 fully saturated rings. The second-order valence-corrected chi connectivity index (χ2v) is 5.81. The molecule has 0 unspecified atom stereocenters. The van der Waals surface area contributed by atoms with Gasteiger partial charge in [0, 0.05) is 16.6 Å². The first-order valence-corrected chi connectivity index (χ1v) is 7.45. The smallest absolute Gasteiger partial charge is 0.408 e. The normalized spacial score (nSPS) is 20.2. The predicted octanol–water partition coefficient (Wildman–Crippen LogP) is 2.26. The molecular weight excluding hydrogens is 375 g/mol. The maximum Gasteiger partial charge on any atom is 0.408 e. The summed E-state index contributed by atoms with van der Waals surface area (Å²) in [6.07, 6.45) is -2.89. The molecule has 7 nitrogen and oxygen atoms in total. The standard InChI is InChI=1S/C14H14BrFN2O5/c1-23-13(20)9-3-2-8(5-10(9)15)17-12(19)11-4-7(16)6-18(11)14(21)22/h2-3,5,7,11H,4,6H2,1H3,(H,17,19)(H,21,22)/t7-,11+/m1/s1. The number of carbonyl (C=O) groups is 3. The fourth-order valence-corrected chi connectivity index (χ4v) is 2.88. The highest BCUT2D eigenvalue weighted by Gasteiger charge is 2.39. The van der Waals surface area contributed by atoms with Gasteiger partial charge in [-0.15, -0.1) is 0 Å². The Bertz CT molecular complexity index is 654. The molecule has 1 aliphatic rings. The number of nitrogens with zero attached hydrogens (tertiary/aromatic N) is 1. The number of nitrogens with one attached hydrogen (secondary N) is 1. The van der Waals surface area contributed by atoms with Crippen molar-refractivity contribution >= 4 is 39.6 Å². The molecule has 0 aromatic heterocycles. The van der Waals surface area contributed by atoms with Crippen LogP contribution in [0.2, 0.25) is 0 Å². The van der Waals surface area contributed by atoms with E-state index >= 15 is 0 Å². The van der Waals surface area contributed by atoms with Crippen molar-refractivity contribution in [3.63, 3.8) is 0 Å². The van der Waals surface area contributed by atoms with Crippen LogP contribution in [-0.4, -0.2) is 53.8 Å². The van der Waals surface area contributed by atoms with E-state index in [1.54, 1.807) is 0 Å². The number of carboxylic acid groups (broad SMARTS) is 1. The lowest BCUT2D eigenvalue weighted by Crippen LogP contribution is -2.42. The second-order valence-electron chi connectivity index (χ2n) is 4.96. The fourth-order valence-electron chi connectivity index (χ4n) is 2.34. The number of hydrogen-bond donors (Lipinski definition) is 2. The molecule has 1 saturated heterocycles. The Labute approximate surface area is 139 Å². The Balaban J connectivity index is 2.13. The van der Waals surface area contributed by atoms with Gasteiger partial charge in [-0.05, 0) is 34.1 Å². The second kappa shape index (κ2) is 6.95. The van der Waals surface area contributed by atoms with E-state index in [0.29, 0.717) is 10.2 Å². The first-order chi connectivity index (χ1) is 10.8. The molecule has 1 heterocycles. The molecule has 23 heavy (non-hydrogen) atoms. The number of hydrogen-bond acceptors (Lipinski definition) is 4. The molecule has 9 heteroatoms. The summed E-state index contributed by atoms with van der Waals surface area (Å²) in [6, 6.07) is 3.33. The number of anilines is 1. The van der Waals surface area contributed by atoms with Gasteiger partial charge in [-0.1, -0.05) is 0 Å². The molecule has 124 valence electrons. The largest absolute Gasteiger partial charge is 0.465 e. The number of ether oxygens (including phenoxy) is 1. The summed E-state index contributed by atoms with van der Waals surface area (Å²) in [5.74, 6) is -1.16. The molecule has 2 rings (SSSR count). The van der Waals surface area contributed by atoms with Gasteiger partial charge in [-0.2, -0.15) is 0 Å². The lowest BCUT2D eigenvalue weighted by molar-refractivity contribution is -0.119. The van der Waals surface area contributed by atoms with Crippen molar-refractivity contribution in [1.82, 2.24) is 4.90 Å². The number of halogens is 2. The van der Waals surface area contributed by atoms with Gasteiger partial charge in [0.25, 0.3) is 0 Å². The Morgan fingerprint density at radius 3 is 2.70 bits per heavy atom. The van der Waals surface area contributed by atoms with Crippen LogP contribution in [0.25, 0.3) is 0 Å². The van der Waals surface area contributed by atoms with Gasteiger partial charge >= 0.3 is 12.1 Å². The van der Waals surface area contributed by atoms with Gasteiger partial charge in [0.2, 0.25) is 5.91 Å². The lowest BCUT2D eigenvalue weighted by Gasteiger charge is -2.20. The van der Waals surface area contributed by atoms with Crippen LogP contribution >= 0.6 is 15.9 Å². The topological polar surface area (TPSA) is 95.9 Å². The Morgan fingerprint density at radius 2 is 2.13 bits per heavy atom. The van der Waals surface area contributed by atoms with Gasteiger partial charge in [0.1, 0.15) is 12.2 Å². The third-order valence-electron chi connectivity index (χ3n) is 3.44. The highest BCUT2D eigenvalue weighted by molar-refractivity contribution is 9.10. The van der Waals surface area contributed by atoms with E-state index in [0.717, 1.165) is 4.90 Å². The fraction of sp³-hybridized carbons (Fsp3) is 0.357. The van der Waals surface area contributed by atoms with E-state index in [2.05, 4.69) is 26.0 Å². The quantitative estimate of drug-likeness (QED) is 0.774. The third kappa shape index (κ3) is 3.79. The summed E-state index contributed by atoms with van der Waals surface area (Å²) in [7, 11) is 1.25. The Kier molecular flexibility index (Phi) is 5.19. The molecule has 0 bridgehead atoms. The lowest BCUT2D eigenvalue weighted by atomic mass is 10.1.